The molecule has 31 heavy (non-hydrogen) atoms. The molecule has 0 bridgehead atoms. The zero-order chi connectivity index (χ0) is 22.1. The highest BCUT2D eigenvalue weighted by Gasteiger charge is 2.18. The Labute approximate surface area is 185 Å². The Morgan fingerprint density at radius 2 is 1.71 bits per heavy atom. The van der Waals surface area contributed by atoms with Crippen LogP contribution in [0.15, 0.2) is 71.1 Å². The SMILES string of the molecule is COc1ccccc1C[NH+](Cc1ccccc1)Cc1ccc(C(=O)NCCC(C)C)o1. The molecule has 0 spiro atoms. The molecule has 0 saturated carbocycles. The molecule has 2 N–H and O–H groups in total. The number of hydrogen-bond acceptors (Lipinski definition) is 3. The molecule has 1 unspecified atom stereocenters. The normalized spacial score (nSPS) is 12.0. The van der Waals surface area contributed by atoms with Crippen molar-refractivity contribution in [3.63, 3.8) is 0 Å². The monoisotopic (exact) mass is 421 g/mol. The molecule has 0 radical (unpaired) electrons. The summed E-state index contributed by atoms with van der Waals surface area (Å²) >= 11 is 0. The van der Waals surface area contributed by atoms with E-state index in [9.17, 15) is 4.79 Å². The third kappa shape index (κ3) is 7.00. The van der Waals surface area contributed by atoms with Gasteiger partial charge in [-0.1, -0.05) is 56.3 Å². The molecule has 0 aliphatic rings. The number of ether oxygens (including phenoxy) is 1. The van der Waals surface area contributed by atoms with Gasteiger partial charge in [-0.05, 0) is 36.6 Å². The molecule has 0 saturated heterocycles. The average Bonchev–Trinajstić information content (AvgIpc) is 3.23. The van der Waals surface area contributed by atoms with Crippen LogP contribution in [-0.2, 0) is 19.6 Å². The van der Waals surface area contributed by atoms with E-state index in [1.165, 1.54) is 10.5 Å². The number of rotatable bonds is 11. The van der Waals surface area contributed by atoms with Crippen LogP contribution >= 0.6 is 0 Å². The van der Waals surface area contributed by atoms with E-state index in [4.69, 9.17) is 9.15 Å². The van der Waals surface area contributed by atoms with E-state index in [1.54, 1.807) is 13.2 Å². The number of carbonyl (C=O) groups excluding carboxylic acids is 1. The van der Waals surface area contributed by atoms with Crippen molar-refractivity contribution in [2.24, 2.45) is 5.92 Å². The molecule has 1 amide bonds. The van der Waals surface area contributed by atoms with Crippen LogP contribution in [0.2, 0.25) is 0 Å². The fraction of sp³-hybridized carbons (Fsp3) is 0.346. The predicted molar refractivity (Wildman–Crippen MR) is 122 cm³/mol. The maximum atomic E-state index is 12.4. The summed E-state index contributed by atoms with van der Waals surface area (Å²) in [6.45, 7) is 7.24. The second-order valence-electron chi connectivity index (χ2n) is 8.28. The Kier molecular flexibility index (Phi) is 8.30. The minimum absolute atomic E-state index is 0.152. The van der Waals surface area contributed by atoms with Crippen LogP contribution in [0.5, 0.6) is 5.75 Å². The second kappa shape index (κ2) is 11.4. The Morgan fingerprint density at radius 3 is 2.45 bits per heavy atom. The van der Waals surface area contributed by atoms with Gasteiger partial charge in [0.05, 0.1) is 7.11 Å². The van der Waals surface area contributed by atoms with Crippen LogP contribution in [0.1, 0.15) is 47.7 Å². The van der Waals surface area contributed by atoms with Crippen LogP contribution in [0.3, 0.4) is 0 Å². The van der Waals surface area contributed by atoms with Crippen molar-refractivity contribution in [1.29, 1.82) is 0 Å². The van der Waals surface area contributed by atoms with Crippen molar-refractivity contribution in [3.05, 3.63) is 89.4 Å². The molecule has 1 atom stereocenters. The minimum atomic E-state index is -0.152. The van der Waals surface area contributed by atoms with E-state index >= 15 is 0 Å². The van der Waals surface area contributed by atoms with Gasteiger partial charge >= 0.3 is 0 Å². The summed E-state index contributed by atoms with van der Waals surface area (Å²) in [5.41, 5.74) is 2.40. The molecule has 0 aliphatic carbocycles. The van der Waals surface area contributed by atoms with Gasteiger partial charge in [0, 0.05) is 17.7 Å². The van der Waals surface area contributed by atoms with Crippen molar-refractivity contribution in [2.75, 3.05) is 13.7 Å². The lowest BCUT2D eigenvalue weighted by molar-refractivity contribution is -0.942. The first-order valence-electron chi connectivity index (χ1n) is 10.9. The van der Waals surface area contributed by atoms with Gasteiger partial charge in [0.15, 0.2) is 11.5 Å². The van der Waals surface area contributed by atoms with E-state index < -0.39 is 0 Å². The Hall–Kier alpha value is -3.05. The standard InChI is InChI=1S/C26H32N2O3/c1-20(2)15-16-27-26(29)25-14-13-23(31-25)19-28(17-21-9-5-4-6-10-21)18-22-11-7-8-12-24(22)30-3/h4-14,20H,15-19H2,1-3H3,(H,27,29)/p+1. The number of benzene rings is 2. The highest BCUT2D eigenvalue weighted by atomic mass is 16.5. The number of amides is 1. The molecule has 3 rings (SSSR count). The Morgan fingerprint density at radius 1 is 0.968 bits per heavy atom. The predicted octanol–water partition coefficient (Wildman–Crippen LogP) is 3.85. The van der Waals surface area contributed by atoms with Crippen molar-refractivity contribution in [3.8, 4) is 5.75 Å². The number of hydrogen-bond donors (Lipinski definition) is 2. The molecular formula is C26H33N2O3+. The highest BCUT2D eigenvalue weighted by Crippen LogP contribution is 2.16. The third-order valence-corrected chi connectivity index (χ3v) is 5.25. The summed E-state index contributed by atoms with van der Waals surface area (Å²) in [5.74, 6) is 2.46. The molecule has 164 valence electrons. The van der Waals surface area contributed by atoms with E-state index in [0.717, 1.165) is 36.6 Å². The van der Waals surface area contributed by atoms with E-state index in [2.05, 4.69) is 49.5 Å². The summed E-state index contributed by atoms with van der Waals surface area (Å²) < 4.78 is 11.4. The van der Waals surface area contributed by atoms with E-state index in [0.29, 0.717) is 24.8 Å². The quantitative estimate of drug-likeness (QED) is 0.494. The van der Waals surface area contributed by atoms with Gasteiger partial charge < -0.3 is 19.4 Å². The molecule has 2 aromatic carbocycles. The molecule has 1 heterocycles. The fourth-order valence-electron chi connectivity index (χ4n) is 3.59. The lowest BCUT2D eigenvalue weighted by Crippen LogP contribution is -3.08. The number of carbonyl (C=O) groups is 1. The number of methoxy groups -OCH3 is 1. The van der Waals surface area contributed by atoms with Gasteiger partial charge in [-0.15, -0.1) is 0 Å². The summed E-state index contributed by atoms with van der Waals surface area (Å²) in [6, 6.07) is 22.2. The molecule has 5 nitrogen and oxygen atoms in total. The maximum absolute atomic E-state index is 12.4. The van der Waals surface area contributed by atoms with Crippen LogP contribution < -0.4 is 15.0 Å². The number of para-hydroxylation sites is 1. The van der Waals surface area contributed by atoms with Gasteiger partial charge in [0.2, 0.25) is 0 Å². The molecule has 1 aromatic heterocycles. The largest absolute Gasteiger partial charge is 0.496 e. The summed E-state index contributed by atoms with van der Waals surface area (Å²) in [6.07, 6.45) is 0.952. The first-order valence-corrected chi connectivity index (χ1v) is 10.9. The van der Waals surface area contributed by atoms with Crippen LogP contribution in [0, 0.1) is 5.92 Å². The Bertz CT molecular complexity index is 950. The average molecular weight is 422 g/mol. The number of quaternary nitrogens is 1. The zero-order valence-corrected chi connectivity index (χ0v) is 18.7. The zero-order valence-electron chi connectivity index (χ0n) is 18.7. The van der Waals surface area contributed by atoms with Crippen LogP contribution in [0.25, 0.3) is 0 Å². The lowest BCUT2D eigenvalue weighted by atomic mass is 10.1. The van der Waals surface area contributed by atoms with Crippen molar-refractivity contribution >= 4 is 5.91 Å². The smallest absolute Gasteiger partial charge is 0.287 e. The third-order valence-electron chi connectivity index (χ3n) is 5.25. The summed E-state index contributed by atoms with van der Waals surface area (Å²) in [7, 11) is 1.70. The van der Waals surface area contributed by atoms with E-state index in [1.807, 2.05) is 30.3 Å². The minimum Gasteiger partial charge on any atom is -0.496 e. The molecule has 0 aliphatic heterocycles. The fourth-order valence-corrected chi connectivity index (χ4v) is 3.59. The molecular weight excluding hydrogens is 388 g/mol. The van der Waals surface area contributed by atoms with Gasteiger partial charge in [-0.25, -0.2) is 0 Å². The van der Waals surface area contributed by atoms with Crippen LogP contribution in [-0.4, -0.2) is 19.6 Å². The molecule has 3 aromatic rings. The van der Waals surface area contributed by atoms with Crippen molar-refractivity contribution in [2.45, 2.75) is 39.9 Å². The maximum Gasteiger partial charge on any atom is 0.287 e. The summed E-state index contributed by atoms with van der Waals surface area (Å²) in [5, 5.41) is 2.94. The number of nitrogens with one attached hydrogen (secondary N) is 2. The first-order chi connectivity index (χ1) is 15.0. The molecule has 0 fully saturated rings. The van der Waals surface area contributed by atoms with Gasteiger partial charge in [0.1, 0.15) is 25.4 Å². The Balaban J connectivity index is 1.71. The van der Waals surface area contributed by atoms with Gasteiger partial charge in [-0.2, -0.15) is 0 Å². The second-order valence-corrected chi connectivity index (χ2v) is 8.28. The molecule has 5 heteroatoms. The topological polar surface area (TPSA) is 55.9 Å². The van der Waals surface area contributed by atoms with Gasteiger partial charge in [-0.3, -0.25) is 4.79 Å². The summed E-state index contributed by atoms with van der Waals surface area (Å²) in [4.78, 5) is 13.7. The number of furan rings is 1. The highest BCUT2D eigenvalue weighted by molar-refractivity contribution is 5.91. The lowest BCUT2D eigenvalue weighted by Gasteiger charge is -2.20. The van der Waals surface area contributed by atoms with E-state index in [-0.39, 0.29) is 5.91 Å². The van der Waals surface area contributed by atoms with Gasteiger partial charge in [0.25, 0.3) is 5.91 Å². The van der Waals surface area contributed by atoms with Crippen molar-refractivity contribution < 1.29 is 18.8 Å². The first kappa shape index (κ1) is 22.6. The van der Waals surface area contributed by atoms with Crippen LogP contribution in [0.4, 0.5) is 0 Å². The van der Waals surface area contributed by atoms with Crippen molar-refractivity contribution in [1.82, 2.24) is 5.32 Å².